The van der Waals surface area contributed by atoms with Gasteiger partial charge in [0.2, 0.25) is 0 Å². The minimum Gasteiger partial charge on any atom is -0.507 e. The molecule has 0 aliphatic rings. The monoisotopic (exact) mass is 518 g/mol. The van der Waals surface area contributed by atoms with Crippen LogP contribution in [0.25, 0.3) is 11.0 Å². The van der Waals surface area contributed by atoms with Gasteiger partial charge in [-0.05, 0) is 48.4 Å². The molecular formula is C28H23ClN2O6. The molecule has 8 nitrogen and oxygen atoms in total. The highest BCUT2D eigenvalue weighted by Gasteiger charge is 2.28. The van der Waals surface area contributed by atoms with Crippen molar-refractivity contribution in [3.05, 3.63) is 105 Å². The Labute approximate surface area is 216 Å². The maximum absolute atomic E-state index is 13.1. The smallest absolute Gasteiger partial charge is 0.343 e. The number of oxime groups is 1. The van der Waals surface area contributed by atoms with Crippen LogP contribution in [-0.4, -0.2) is 27.7 Å². The Morgan fingerprint density at radius 3 is 2.46 bits per heavy atom. The van der Waals surface area contributed by atoms with Crippen LogP contribution >= 0.6 is 11.6 Å². The van der Waals surface area contributed by atoms with Crippen molar-refractivity contribution in [2.45, 2.75) is 25.7 Å². The minimum atomic E-state index is -0.865. The summed E-state index contributed by atoms with van der Waals surface area (Å²) in [5.74, 6) is -2.39. The largest absolute Gasteiger partial charge is 0.507 e. The van der Waals surface area contributed by atoms with Gasteiger partial charge in [0.25, 0.3) is 5.91 Å². The number of halogens is 1. The third-order valence-corrected chi connectivity index (χ3v) is 6.22. The van der Waals surface area contributed by atoms with Crippen LogP contribution in [0, 0.1) is 6.92 Å². The lowest BCUT2D eigenvalue weighted by Gasteiger charge is -2.18. The number of carbonyl (C=O) groups is 2. The molecule has 0 aliphatic carbocycles. The number of nitrogens with one attached hydrogen (secondary N) is 1. The fraction of sp³-hybridized carbons (Fsp3) is 0.143. The molecule has 1 aromatic heterocycles. The summed E-state index contributed by atoms with van der Waals surface area (Å²) in [6.45, 7) is 1.74. The molecule has 1 amide bonds. The quantitative estimate of drug-likeness (QED) is 0.124. The van der Waals surface area contributed by atoms with Crippen molar-refractivity contribution in [2.75, 3.05) is 5.32 Å². The molecule has 3 aromatic carbocycles. The summed E-state index contributed by atoms with van der Waals surface area (Å²) in [6.07, 6.45) is -0.759. The third-order valence-electron chi connectivity index (χ3n) is 5.99. The van der Waals surface area contributed by atoms with Crippen molar-refractivity contribution in [3.63, 3.8) is 0 Å². The Balaban J connectivity index is 1.62. The second kappa shape index (κ2) is 11.1. The van der Waals surface area contributed by atoms with Crippen molar-refractivity contribution >= 4 is 45.7 Å². The second-order valence-corrected chi connectivity index (χ2v) is 8.93. The van der Waals surface area contributed by atoms with Gasteiger partial charge in [-0.2, -0.15) is 0 Å². The summed E-state index contributed by atoms with van der Waals surface area (Å²) in [5.41, 5.74) is 0.706. The molecule has 4 rings (SSSR count). The van der Waals surface area contributed by atoms with Gasteiger partial charge in [-0.25, -0.2) is 4.79 Å². The maximum Gasteiger partial charge on any atom is 0.343 e. The van der Waals surface area contributed by atoms with Crippen molar-refractivity contribution in [2.24, 2.45) is 5.16 Å². The van der Waals surface area contributed by atoms with Gasteiger partial charge in [-0.3, -0.25) is 9.59 Å². The van der Waals surface area contributed by atoms with E-state index >= 15 is 0 Å². The standard InChI is InChI=1S/C28H23ClN2O6/c1-16-13-18(29)11-12-22(16)30-27(34)23(31-36)15-19(32)14-21(17-7-3-2-4-8-17)25-26(33)20-9-5-6-10-24(20)37-28(25)35/h2-13,21,33,36H,14-15H2,1H3,(H,30,34)/b31-23+/t21-/m1/s1. The normalized spacial score (nSPS) is 12.3. The maximum atomic E-state index is 13.1. The van der Waals surface area contributed by atoms with E-state index in [9.17, 15) is 24.7 Å². The zero-order chi connectivity index (χ0) is 26.5. The lowest BCUT2D eigenvalue weighted by molar-refractivity contribution is -0.119. The number of amides is 1. The predicted octanol–water partition coefficient (Wildman–Crippen LogP) is 5.41. The van der Waals surface area contributed by atoms with E-state index in [-0.39, 0.29) is 23.3 Å². The SMILES string of the molecule is Cc1cc(Cl)ccc1NC(=O)/C(CC(=O)C[C@H](c1ccccc1)c1c(O)c2ccccc2oc1=O)=N/O. The Hall–Kier alpha value is -4.43. The molecule has 4 aromatic rings. The summed E-state index contributed by atoms with van der Waals surface area (Å²) >= 11 is 5.95. The van der Waals surface area contributed by atoms with E-state index in [1.807, 2.05) is 0 Å². The number of Topliss-reactive ketones (excluding diaryl/α,β-unsaturated/α-hetero) is 1. The first-order valence-electron chi connectivity index (χ1n) is 11.4. The van der Waals surface area contributed by atoms with Crippen LogP contribution in [-0.2, 0) is 9.59 Å². The number of hydrogen-bond donors (Lipinski definition) is 3. The number of para-hydroxylation sites is 1. The van der Waals surface area contributed by atoms with Gasteiger partial charge in [-0.1, -0.05) is 59.2 Å². The van der Waals surface area contributed by atoms with E-state index in [1.165, 1.54) is 0 Å². The van der Waals surface area contributed by atoms with Crippen LogP contribution in [0.5, 0.6) is 5.75 Å². The van der Waals surface area contributed by atoms with Crippen molar-refractivity contribution in [3.8, 4) is 5.75 Å². The van der Waals surface area contributed by atoms with Crippen molar-refractivity contribution < 1.29 is 24.3 Å². The summed E-state index contributed by atoms with van der Waals surface area (Å²) < 4.78 is 5.42. The number of aromatic hydroxyl groups is 1. The summed E-state index contributed by atoms with van der Waals surface area (Å²) in [6, 6.07) is 20.1. The highest BCUT2D eigenvalue weighted by molar-refractivity contribution is 6.45. The number of nitrogens with zero attached hydrogens (tertiary/aromatic N) is 1. The first kappa shape index (κ1) is 25.7. The number of benzene rings is 3. The molecule has 0 fully saturated rings. The number of aryl methyl sites for hydroxylation is 1. The fourth-order valence-corrected chi connectivity index (χ4v) is 4.36. The molecule has 0 saturated heterocycles. The van der Waals surface area contributed by atoms with Crippen molar-refractivity contribution in [1.29, 1.82) is 0 Å². The first-order valence-corrected chi connectivity index (χ1v) is 11.8. The fourth-order valence-electron chi connectivity index (χ4n) is 4.14. The number of anilines is 1. The van der Waals surface area contributed by atoms with Gasteiger partial charge < -0.3 is 20.0 Å². The molecular weight excluding hydrogens is 496 g/mol. The minimum absolute atomic E-state index is 0.0676. The molecule has 0 unspecified atom stereocenters. The Morgan fingerprint density at radius 1 is 1.05 bits per heavy atom. The molecule has 0 bridgehead atoms. The van der Waals surface area contributed by atoms with E-state index in [0.717, 1.165) is 0 Å². The average molecular weight is 519 g/mol. The van der Waals surface area contributed by atoms with Gasteiger partial charge in [-0.15, -0.1) is 0 Å². The van der Waals surface area contributed by atoms with Crippen LogP contribution in [0.3, 0.4) is 0 Å². The molecule has 3 N–H and O–H groups in total. The number of rotatable bonds is 8. The van der Waals surface area contributed by atoms with E-state index in [1.54, 1.807) is 79.7 Å². The summed E-state index contributed by atoms with van der Waals surface area (Å²) in [7, 11) is 0. The average Bonchev–Trinajstić information content (AvgIpc) is 2.88. The number of carbonyl (C=O) groups excluding carboxylic acids is 2. The Morgan fingerprint density at radius 2 is 1.76 bits per heavy atom. The van der Waals surface area contributed by atoms with E-state index in [4.69, 9.17) is 16.0 Å². The zero-order valence-corrected chi connectivity index (χ0v) is 20.5. The molecule has 37 heavy (non-hydrogen) atoms. The van der Waals surface area contributed by atoms with E-state index in [0.29, 0.717) is 27.2 Å². The van der Waals surface area contributed by atoms with Crippen LogP contribution in [0.2, 0.25) is 5.02 Å². The van der Waals surface area contributed by atoms with Gasteiger partial charge in [0.1, 0.15) is 17.1 Å². The van der Waals surface area contributed by atoms with Crippen LogP contribution in [0.1, 0.15) is 35.4 Å². The Kier molecular flexibility index (Phi) is 7.69. The van der Waals surface area contributed by atoms with Gasteiger partial charge in [0, 0.05) is 23.0 Å². The van der Waals surface area contributed by atoms with Crippen molar-refractivity contribution in [1.82, 2.24) is 0 Å². The molecule has 1 atom stereocenters. The highest BCUT2D eigenvalue weighted by atomic mass is 35.5. The molecule has 9 heteroatoms. The van der Waals surface area contributed by atoms with Crippen LogP contribution in [0.15, 0.2) is 87.2 Å². The van der Waals surface area contributed by atoms with Crippen LogP contribution < -0.4 is 10.9 Å². The number of hydrogen-bond acceptors (Lipinski definition) is 7. The molecule has 0 radical (unpaired) electrons. The molecule has 0 aliphatic heterocycles. The van der Waals surface area contributed by atoms with Crippen LogP contribution in [0.4, 0.5) is 5.69 Å². The molecule has 0 saturated carbocycles. The Bertz CT molecular complexity index is 1560. The topological polar surface area (TPSA) is 129 Å². The second-order valence-electron chi connectivity index (χ2n) is 8.49. The molecule has 1 heterocycles. The molecule has 0 spiro atoms. The summed E-state index contributed by atoms with van der Waals surface area (Å²) in [4.78, 5) is 38.7. The third kappa shape index (κ3) is 5.70. The highest BCUT2D eigenvalue weighted by Crippen LogP contribution is 2.36. The van der Waals surface area contributed by atoms with Gasteiger partial charge >= 0.3 is 5.63 Å². The predicted molar refractivity (Wildman–Crippen MR) is 141 cm³/mol. The van der Waals surface area contributed by atoms with Gasteiger partial charge in [0.05, 0.1) is 17.4 Å². The summed E-state index contributed by atoms with van der Waals surface area (Å²) in [5, 5.41) is 26.9. The number of ketones is 1. The van der Waals surface area contributed by atoms with E-state index in [2.05, 4.69) is 10.5 Å². The lowest BCUT2D eigenvalue weighted by Crippen LogP contribution is -2.27. The van der Waals surface area contributed by atoms with Gasteiger partial charge in [0.15, 0.2) is 5.71 Å². The zero-order valence-electron chi connectivity index (χ0n) is 19.8. The van der Waals surface area contributed by atoms with E-state index < -0.39 is 35.4 Å². The number of fused-ring (bicyclic) bond motifs is 1. The molecule has 188 valence electrons. The first-order chi connectivity index (χ1) is 17.8. The lowest BCUT2D eigenvalue weighted by atomic mass is 9.86.